The minimum Gasteiger partial charge on any atom is -0.333 e. The fraction of sp³-hybridized carbons (Fsp3) is 0.200. The standard InChI is InChI=1S/C20H17FN4O2S2/c1-11-17(29-16(22-11)9-12-3-5-13(21)6-4-12)20(27)25(2)10-15-23-14-7-8-28-18(14)19(26)24-15/h3-8H,9-10H2,1-2H3,(H,23,24,26). The van der Waals surface area contributed by atoms with Crippen molar-refractivity contribution in [3.05, 3.63) is 78.8 Å². The van der Waals surface area contributed by atoms with E-state index in [9.17, 15) is 14.0 Å². The molecule has 9 heteroatoms. The van der Waals surface area contributed by atoms with E-state index in [1.165, 1.54) is 39.7 Å². The highest BCUT2D eigenvalue weighted by atomic mass is 32.1. The Kier molecular flexibility index (Phi) is 5.25. The molecule has 0 saturated heterocycles. The molecule has 6 nitrogen and oxygen atoms in total. The highest BCUT2D eigenvalue weighted by Crippen LogP contribution is 2.23. The Labute approximate surface area is 173 Å². The van der Waals surface area contributed by atoms with E-state index in [1.807, 2.05) is 5.38 Å². The summed E-state index contributed by atoms with van der Waals surface area (Å²) in [6.07, 6.45) is 0.534. The molecule has 148 valence electrons. The minimum atomic E-state index is -0.283. The normalized spacial score (nSPS) is 11.1. The molecule has 0 aliphatic rings. The van der Waals surface area contributed by atoms with Gasteiger partial charge in [-0.25, -0.2) is 14.4 Å². The van der Waals surface area contributed by atoms with Crippen molar-refractivity contribution < 1.29 is 9.18 Å². The lowest BCUT2D eigenvalue weighted by Crippen LogP contribution is -2.28. The largest absolute Gasteiger partial charge is 0.333 e. The van der Waals surface area contributed by atoms with E-state index in [2.05, 4.69) is 15.0 Å². The average molecular weight is 429 g/mol. The Bertz CT molecular complexity index is 1240. The van der Waals surface area contributed by atoms with Crippen molar-refractivity contribution in [1.82, 2.24) is 19.9 Å². The van der Waals surface area contributed by atoms with Crippen molar-refractivity contribution in [3.8, 4) is 0 Å². The molecule has 0 bridgehead atoms. The van der Waals surface area contributed by atoms with Crippen molar-refractivity contribution >= 4 is 38.8 Å². The molecule has 4 aromatic rings. The quantitative estimate of drug-likeness (QED) is 0.525. The van der Waals surface area contributed by atoms with Crippen LogP contribution < -0.4 is 5.56 Å². The number of hydrogen-bond donors (Lipinski definition) is 1. The van der Waals surface area contributed by atoms with E-state index in [-0.39, 0.29) is 23.8 Å². The Morgan fingerprint density at radius 3 is 2.72 bits per heavy atom. The number of carbonyl (C=O) groups is 1. The van der Waals surface area contributed by atoms with Crippen LogP contribution in [0.15, 0.2) is 40.5 Å². The number of thiazole rings is 1. The molecule has 0 aliphatic carbocycles. The summed E-state index contributed by atoms with van der Waals surface area (Å²) >= 11 is 2.66. The lowest BCUT2D eigenvalue weighted by molar-refractivity contribution is 0.0785. The highest BCUT2D eigenvalue weighted by molar-refractivity contribution is 7.17. The number of halogens is 1. The predicted molar refractivity (Wildman–Crippen MR) is 112 cm³/mol. The van der Waals surface area contributed by atoms with Gasteiger partial charge in [-0.3, -0.25) is 9.59 Å². The van der Waals surface area contributed by atoms with Gasteiger partial charge in [0.1, 0.15) is 21.2 Å². The first kappa shape index (κ1) is 19.4. The summed E-state index contributed by atoms with van der Waals surface area (Å²) in [7, 11) is 1.67. The number of nitrogens with zero attached hydrogens (tertiary/aromatic N) is 3. The van der Waals surface area contributed by atoms with Gasteiger partial charge >= 0.3 is 0 Å². The number of aryl methyl sites for hydroxylation is 1. The maximum Gasteiger partial charge on any atom is 0.268 e. The van der Waals surface area contributed by atoms with Crippen LogP contribution in [-0.2, 0) is 13.0 Å². The second-order valence-corrected chi connectivity index (χ2v) is 8.63. The Morgan fingerprint density at radius 1 is 1.21 bits per heavy atom. The number of H-pyrrole nitrogens is 1. The van der Waals surface area contributed by atoms with Gasteiger partial charge in [0.25, 0.3) is 11.5 Å². The van der Waals surface area contributed by atoms with Gasteiger partial charge in [0.2, 0.25) is 0 Å². The molecular formula is C20H17FN4O2S2. The number of rotatable bonds is 5. The van der Waals surface area contributed by atoms with Crippen molar-refractivity contribution in [2.75, 3.05) is 7.05 Å². The number of nitrogens with one attached hydrogen (secondary N) is 1. The number of benzene rings is 1. The monoisotopic (exact) mass is 428 g/mol. The van der Waals surface area contributed by atoms with Crippen LogP contribution in [0.2, 0.25) is 0 Å². The van der Waals surface area contributed by atoms with Crippen LogP contribution in [0.4, 0.5) is 4.39 Å². The lowest BCUT2D eigenvalue weighted by Gasteiger charge is -2.15. The maximum atomic E-state index is 13.1. The minimum absolute atomic E-state index is 0.182. The zero-order valence-corrected chi connectivity index (χ0v) is 17.4. The third-order valence-electron chi connectivity index (χ3n) is 4.40. The van der Waals surface area contributed by atoms with E-state index in [0.29, 0.717) is 33.0 Å². The van der Waals surface area contributed by atoms with Gasteiger partial charge in [-0.1, -0.05) is 12.1 Å². The van der Waals surface area contributed by atoms with E-state index >= 15 is 0 Å². The zero-order chi connectivity index (χ0) is 20.5. The first-order valence-corrected chi connectivity index (χ1v) is 10.5. The summed E-state index contributed by atoms with van der Waals surface area (Å²) in [5, 5.41) is 2.60. The van der Waals surface area contributed by atoms with Gasteiger partial charge < -0.3 is 9.88 Å². The smallest absolute Gasteiger partial charge is 0.268 e. The molecule has 0 atom stereocenters. The molecular weight excluding hydrogens is 411 g/mol. The number of hydrogen-bond acceptors (Lipinski definition) is 6. The van der Waals surface area contributed by atoms with Gasteiger partial charge in [-0.05, 0) is 36.1 Å². The van der Waals surface area contributed by atoms with E-state index in [4.69, 9.17) is 0 Å². The second-order valence-electron chi connectivity index (χ2n) is 6.63. The summed E-state index contributed by atoms with van der Waals surface area (Å²) in [4.78, 5) is 38.7. The summed E-state index contributed by atoms with van der Waals surface area (Å²) in [5.41, 5.74) is 2.01. The number of fused-ring (bicyclic) bond motifs is 1. The van der Waals surface area contributed by atoms with E-state index in [1.54, 1.807) is 32.2 Å². The molecule has 0 radical (unpaired) electrons. The molecule has 1 N–H and O–H groups in total. The molecule has 1 aromatic carbocycles. The van der Waals surface area contributed by atoms with Gasteiger partial charge in [0, 0.05) is 13.5 Å². The number of carbonyl (C=O) groups excluding carboxylic acids is 1. The van der Waals surface area contributed by atoms with Gasteiger partial charge in [0.15, 0.2) is 0 Å². The van der Waals surface area contributed by atoms with Crippen LogP contribution in [0.3, 0.4) is 0 Å². The third-order valence-corrected chi connectivity index (χ3v) is 6.45. The van der Waals surface area contributed by atoms with E-state index < -0.39 is 0 Å². The molecule has 0 fully saturated rings. The van der Waals surface area contributed by atoms with Crippen molar-refractivity contribution in [2.24, 2.45) is 0 Å². The zero-order valence-electron chi connectivity index (χ0n) is 15.7. The Morgan fingerprint density at radius 2 is 1.97 bits per heavy atom. The molecule has 3 heterocycles. The first-order chi connectivity index (χ1) is 13.9. The van der Waals surface area contributed by atoms with Gasteiger partial charge in [0.05, 0.1) is 22.8 Å². The Hall–Kier alpha value is -2.91. The topological polar surface area (TPSA) is 79.0 Å². The molecule has 0 spiro atoms. The number of aromatic nitrogens is 3. The molecule has 1 amide bonds. The van der Waals surface area contributed by atoms with Crippen LogP contribution in [0.5, 0.6) is 0 Å². The SMILES string of the molecule is Cc1nc(Cc2ccc(F)cc2)sc1C(=O)N(C)Cc1nc2ccsc2c(=O)[nH]1. The average Bonchev–Trinajstić information content (AvgIpc) is 3.29. The summed E-state index contributed by atoms with van der Waals surface area (Å²) < 4.78 is 13.6. The van der Waals surface area contributed by atoms with Crippen molar-refractivity contribution in [2.45, 2.75) is 19.9 Å². The number of aromatic amines is 1. The molecule has 0 saturated carbocycles. The molecule has 29 heavy (non-hydrogen) atoms. The van der Waals surface area contributed by atoms with Crippen molar-refractivity contribution in [3.63, 3.8) is 0 Å². The summed E-state index contributed by atoms with van der Waals surface area (Å²) in [6.45, 7) is 1.98. The number of amides is 1. The molecule has 4 rings (SSSR count). The number of thiophene rings is 1. The van der Waals surface area contributed by atoms with Crippen LogP contribution >= 0.6 is 22.7 Å². The maximum absolute atomic E-state index is 13.1. The first-order valence-electron chi connectivity index (χ1n) is 8.83. The van der Waals surface area contributed by atoms with E-state index in [0.717, 1.165) is 10.6 Å². The second kappa shape index (κ2) is 7.84. The van der Waals surface area contributed by atoms with Crippen molar-refractivity contribution in [1.29, 1.82) is 0 Å². The molecule has 0 aliphatic heterocycles. The van der Waals surface area contributed by atoms with Crippen LogP contribution in [0.1, 0.15) is 31.8 Å². The highest BCUT2D eigenvalue weighted by Gasteiger charge is 2.20. The summed E-state index contributed by atoms with van der Waals surface area (Å²) in [5.74, 6) is -0.0299. The van der Waals surface area contributed by atoms with Gasteiger partial charge in [-0.2, -0.15) is 0 Å². The van der Waals surface area contributed by atoms with Crippen LogP contribution in [0, 0.1) is 12.7 Å². The fourth-order valence-electron chi connectivity index (χ4n) is 2.97. The van der Waals surface area contributed by atoms with Crippen LogP contribution in [-0.4, -0.2) is 32.8 Å². The Balaban J connectivity index is 1.51. The molecule has 3 aromatic heterocycles. The fourth-order valence-corrected chi connectivity index (χ4v) is 4.79. The lowest BCUT2D eigenvalue weighted by atomic mass is 10.1. The van der Waals surface area contributed by atoms with Gasteiger partial charge in [-0.15, -0.1) is 22.7 Å². The predicted octanol–water partition coefficient (Wildman–Crippen LogP) is 3.75. The molecule has 0 unspecified atom stereocenters. The third kappa shape index (κ3) is 4.10. The summed E-state index contributed by atoms with van der Waals surface area (Å²) in [6, 6.07) is 8.03. The van der Waals surface area contributed by atoms with Crippen LogP contribution in [0.25, 0.3) is 10.2 Å².